The Morgan fingerprint density at radius 3 is 2.56 bits per heavy atom. The number of rotatable bonds is 2. The van der Waals surface area contributed by atoms with E-state index in [9.17, 15) is 13.9 Å². The van der Waals surface area contributed by atoms with Gasteiger partial charge in [-0.15, -0.1) is 8.78 Å². The number of alkyl halides is 2. The van der Waals surface area contributed by atoms with Crippen molar-refractivity contribution in [1.82, 2.24) is 4.90 Å². The Morgan fingerprint density at radius 2 is 1.75 bits per heavy atom. The largest absolute Gasteiger partial charge is 0.586 e. The van der Waals surface area contributed by atoms with Crippen molar-refractivity contribution in [3.05, 3.63) is 36.4 Å². The number of guanidine groups is 2. The van der Waals surface area contributed by atoms with Crippen LogP contribution in [0.3, 0.4) is 0 Å². The quantitative estimate of drug-likeness (QED) is 0.495. The zero-order valence-electron chi connectivity index (χ0n) is 19.9. The van der Waals surface area contributed by atoms with Gasteiger partial charge in [-0.2, -0.15) is 4.99 Å². The van der Waals surface area contributed by atoms with Crippen LogP contribution in [0.2, 0.25) is 0 Å². The molecule has 190 valence electrons. The van der Waals surface area contributed by atoms with Crippen LogP contribution in [0.25, 0.3) is 0 Å². The Bertz CT molecular complexity index is 1300. The van der Waals surface area contributed by atoms with E-state index in [-0.39, 0.29) is 11.5 Å². The van der Waals surface area contributed by atoms with Gasteiger partial charge in [-0.1, -0.05) is 0 Å². The number of aliphatic hydroxyl groups is 1. The number of ether oxygens (including phenoxy) is 3. The fourth-order valence-corrected chi connectivity index (χ4v) is 4.94. The molecule has 1 fully saturated rings. The van der Waals surface area contributed by atoms with Crippen molar-refractivity contribution in [2.24, 2.45) is 9.98 Å². The summed E-state index contributed by atoms with van der Waals surface area (Å²) in [5, 5.41) is 20.4. The van der Waals surface area contributed by atoms with Crippen molar-refractivity contribution < 1.29 is 28.1 Å². The van der Waals surface area contributed by atoms with Gasteiger partial charge < -0.3 is 40.2 Å². The summed E-state index contributed by atoms with van der Waals surface area (Å²) in [6, 6.07) is 10.1. The fraction of sp³-hybridized carbons (Fsp3) is 0.417. The fourth-order valence-electron chi connectivity index (χ4n) is 4.94. The Labute approximate surface area is 206 Å². The molecule has 1 aliphatic carbocycles. The molecule has 4 aliphatic rings. The number of halogens is 2. The number of fused-ring (bicyclic) bond motifs is 3. The van der Waals surface area contributed by atoms with E-state index in [2.05, 4.69) is 35.4 Å². The van der Waals surface area contributed by atoms with Crippen molar-refractivity contribution >= 4 is 29.0 Å². The second-order valence-corrected chi connectivity index (χ2v) is 9.76. The van der Waals surface area contributed by atoms with Gasteiger partial charge in [-0.3, -0.25) is 0 Å². The minimum Gasteiger partial charge on any atom is -0.483 e. The molecule has 0 aromatic heterocycles. The third-order valence-corrected chi connectivity index (χ3v) is 7.29. The number of anilines is 3. The maximum Gasteiger partial charge on any atom is 0.586 e. The highest BCUT2D eigenvalue weighted by Crippen LogP contribution is 2.50. The molecular weight excluding hydrogens is 474 g/mol. The molecule has 3 unspecified atom stereocenters. The number of nitrogens with zero attached hydrogens (tertiary/aromatic N) is 3. The Hall–Kier alpha value is -3.80. The summed E-state index contributed by atoms with van der Waals surface area (Å²) in [7, 11) is 1.80. The summed E-state index contributed by atoms with van der Waals surface area (Å²) >= 11 is 0. The van der Waals surface area contributed by atoms with Gasteiger partial charge in [0, 0.05) is 24.5 Å². The standard InChI is InChI=1S/C24H26F2N6O4/c1-22-9-8-19(33)23(22,2)31-15-10-13(4-6-16(15)34-22)28-20-27-12-32(3)21(30-20)29-14-5-7-17-18(11-14)36-24(25,26)35-17/h4-7,10-11,19,31,33H,8-9,12H2,1-3H3,(H2,27,28,29,30). The lowest BCUT2D eigenvalue weighted by Gasteiger charge is -2.48. The highest BCUT2D eigenvalue weighted by Gasteiger charge is 2.58. The molecule has 36 heavy (non-hydrogen) atoms. The first-order valence-electron chi connectivity index (χ1n) is 11.6. The summed E-state index contributed by atoms with van der Waals surface area (Å²) in [6.45, 7) is 4.33. The van der Waals surface area contributed by atoms with Crippen LogP contribution in [0.15, 0.2) is 46.4 Å². The molecule has 1 saturated carbocycles. The van der Waals surface area contributed by atoms with Crippen molar-refractivity contribution in [2.75, 3.05) is 29.7 Å². The average Bonchev–Trinajstić information content (AvgIpc) is 3.25. The summed E-state index contributed by atoms with van der Waals surface area (Å²) in [5.41, 5.74) is 0.911. The molecule has 3 aliphatic heterocycles. The van der Waals surface area contributed by atoms with Crippen molar-refractivity contribution in [1.29, 1.82) is 0 Å². The Balaban J connectivity index is 1.19. The van der Waals surface area contributed by atoms with E-state index in [0.717, 1.165) is 23.5 Å². The van der Waals surface area contributed by atoms with E-state index >= 15 is 0 Å². The van der Waals surface area contributed by atoms with Gasteiger partial charge in [0.05, 0.1) is 11.8 Å². The Morgan fingerprint density at radius 1 is 1.03 bits per heavy atom. The van der Waals surface area contributed by atoms with Crippen molar-refractivity contribution in [3.63, 3.8) is 0 Å². The van der Waals surface area contributed by atoms with Crippen molar-refractivity contribution in [3.8, 4) is 17.2 Å². The predicted molar refractivity (Wildman–Crippen MR) is 130 cm³/mol. The monoisotopic (exact) mass is 500 g/mol. The third kappa shape index (κ3) is 3.63. The summed E-state index contributed by atoms with van der Waals surface area (Å²) < 4.78 is 41.9. The van der Waals surface area contributed by atoms with Crippen LogP contribution in [0.4, 0.5) is 25.8 Å². The molecule has 4 N–H and O–H groups in total. The molecule has 0 radical (unpaired) electrons. The van der Waals surface area contributed by atoms with Crippen LogP contribution in [0.5, 0.6) is 17.2 Å². The summed E-state index contributed by atoms with van der Waals surface area (Å²) in [6.07, 6.45) is -2.77. The van der Waals surface area contributed by atoms with Gasteiger partial charge >= 0.3 is 6.29 Å². The summed E-state index contributed by atoms with van der Waals surface area (Å²) in [5.74, 6) is 1.47. The number of aliphatic hydroxyl groups excluding tert-OH is 1. The molecule has 6 rings (SSSR count). The first kappa shape index (κ1) is 22.7. The van der Waals surface area contributed by atoms with Gasteiger partial charge in [0.1, 0.15) is 23.6 Å². The highest BCUT2D eigenvalue weighted by atomic mass is 19.3. The molecule has 10 nitrogen and oxygen atoms in total. The predicted octanol–water partition coefficient (Wildman–Crippen LogP) is 3.62. The Kier molecular flexibility index (Phi) is 4.78. The molecule has 2 aromatic rings. The average molecular weight is 501 g/mol. The lowest BCUT2D eigenvalue weighted by molar-refractivity contribution is -0.286. The minimum absolute atomic E-state index is 0.0299. The second-order valence-electron chi connectivity index (χ2n) is 9.76. The van der Waals surface area contributed by atoms with Crippen LogP contribution in [-0.4, -0.2) is 59.2 Å². The number of benzene rings is 2. The van der Waals surface area contributed by atoms with E-state index in [1.165, 1.54) is 12.1 Å². The van der Waals surface area contributed by atoms with Crippen LogP contribution < -0.4 is 30.2 Å². The molecule has 0 spiro atoms. The zero-order valence-corrected chi connectivity index (χ0v) is 19.9. The summed E-state index contributed by atoms with van der Waals surface area (Å²) in [4.78, 5) is 10.8. The van der Waals surface area contributed by atoms with Crippen LogP contribution in [0, 0.1) is 0 Å². The van der Waals surface area contributed by atoms with Crippen LogP contribution in [0.1, 0.15) is 26.7 Å². The molecule has 3 heterocycles. The molecule has 2 aromatic carbocycles. The van der Waals surface area contributed by atoms with Crippen LogP contribution >= 0.6 is 0 Å². The highest BCUT2D eigenvalue weighted by molar-refractivity contribution is 6.07. The molecule has 3 atom stereocenters. The smallest absolute Gasteiger partial charge is 0.483 e. The van der Waals surface area contributed by atoms with E-state index in [1.54, 1.807) is 18.0 Å². The minimum atomic E-state index is -3.68. The topological polar surface area (TPSA) is 112 Å². The first-order valence-corrected chi connectivity index (χ1v) is 11.6. The molecule has 0 saturated heterocycles. The lowest BCUT2D eigenvalue weighted by Crippen LogP contribution is -2.62. The normalized spacial score (nSPS) is 29.3. The van der Waals surface area contributed by atoms with Gasteiger partial charge in [-0.25, -0.2) is 4.99 Å². The lowest BCUT2D eigenvalue weighted by atomic mass is 9.82. The van der Waals surface area contributed by atoms with Crippen LogP contribution in [-0.2, 0) is 0 Å². The third-order valence-electron chi connectivity index (χ3n) is 7.29. The van der Waals surface area contributed by atoms with Gasteiger partial charge in [0.25, 0.3) is 0 Å². The molecule has 0 amide bonds. The van der Waals surface area contributed by atoms with E-state index in [4.69, 9.17) is 4.74 Å². The molecule has 12 heteroatoms. The maximum absolute atomic E-state index is 13.3. The van der Waals surface area contributed by atoms with E-state index in [0.29, 0.717) is 30.7 Å². The van der Waals surface area contributed by atoms with Gasteiger partial charge in [0.15, 0.2) is 11.5 Å². The number of nitrogens with one attached hydrogen (secondary N) is 3. The zero-order chi connectivity index (χ0) is 25.3. The number of aliphatic imine (C=N–C) groups is 2. The second kappa shape index (κ2) is 7.60. The maximum atomic E-state index is 13.3. The van der Waals surface area contributed by atoms with E-state index < -0.39 is 23.5 Å². The molecular formula is C24H26F2N6O4. The van der Waals surface area contributed by atoms with Crippen molar-refractivity contribution in [2.45, 2.75) is 50.2 Å². The SMILES string of the molecule is CN1CN=C(Nc2ccc3c(c2)NC2(C)C(O)CCC2(C)O3)N=C1Nc1ccc2c(c1)OC(F)(F)O2. The van der Waals surface area contributed by atoms with E-state index in [1.807, 2.05) is 32.0 Å². The number of hydrogen-bond acceptors (Lipinski definition) is 10. The van der Waals surface area contributed by atoms with Gasteiger partial charge in [0.2, 0.25) is 11.9 Å². The first-order chi connectivity index (χ1) is 17.0. The van der Waals surface area contributed by atoms with Gasteiger partial charge in [-0.05, 0) is 57.0 Å². The molecule has 0 bridgehead atoms. The number of hydrogen-bond donors (Lipinski definition) is 4.